The average molecular weight is 581 g/mol. The number of rotatable bonds is 5. The molecule has 0 spiro atoms. The Morgan fingerprint density at radius 3 is 2.35 bits per heavy atom. The molecule has 3 aliphatic rings. The van der Waals surface area contributed by atoms with Crippen molar-refractivity contribution in [2.24, 2.45) is 5.41 Å². The highest BCUT2D eigenvalue weighted by Crippen LogP contribution is 2.48. The molecule has 4 rings (SSSR count). The zero-order valence-corrected chi connectivity index (χ0v) is 21.9. The highest BCUT2D eigenvalue weighted by atomic mass is 19.4. The summed E-state index contributed by atoms with van der Waals surface area (Å²) in [4.78, 5) is 40.4. The van der Waals surface area contributed by atoms with E-state index in [9.17, 15) is 40.7 Å². The summed E-state index contributed by atoms with van der Waals surface area (Å²) in [5.74, 6) is -3.20. The molecular formula is C26H30F6N2O6. The second-order valence-corrected chi connectivity index (χ2v) is 10.5. The van der Waals surface area contributed by atoms with Crippen molar-refractivity contribution < 1.29 is 54.9 Å². The van der Waals surface area contributed by atoms with E-state index in [0.717, 1.165) is 34.9 Å². The smallest absolute Gasteiger partial charge is 0.471 e. The summed E-state index contributed by atoms with van der Waals surface area (Å²) in [6.45, 7) is 2.37. The van der Waals surface area contributed by atoms with Gasteiger partial charge in [-0.15, -0.1) is 0 Å². The minimum absolute atomic E-state index is 0.0122. The second kappa shape index (κ2) is 11.1. The summed E-state index contributed by atoms with van der Waals surface area (Å²) >= 11 is 0. The van der Waals surface area contributed by atoms with Crippen LogP contribution >= 0.6 is 0 Å². The summed E-state index contributed by atoms with van der Waals surface area (Å²) in [5.41, 5.74) is -2.35. The molecular weight excluding hydrogens is 550 g/mol. The Balaban J connectivity index is 1.65. The quantitative estimate of drug-likeness (QED) is 0.378. The van der Waals surface area contributed by atoms with Gasteiger partial charge in [-0.2, -0.15) is 26.3 Å². The lowest BCUT2D eigenvalue weighted by Crippen LogP contribution is -2.55. The van der Waals surface area contributed by atoms with Gasteiger partial charge < -0.3 is 24.0 Å². The van der Waals surface area contributed by atoms with Gasteiger partial charge in [-0.05, 0) is 57.2 Å². The number of carbonyl (C=O) groups is 3. The molecule has 2 amide bonds. The molecule has 1 aromatic rings. The molecule has 0 aromatic heterocycles. The van der Waals surface area contributed by atoms with Crippen LogP contribution < -0.4 is 4.74 Å². The zero-order chi connectivity index (χ0) is 29.5. The molecule has 40 heavy (non-hydrogen) atoms. The van der Waals surface area contributed by atoms with Crippen molar-refractivity contribution in [3.05, 3.63) is 29.3 Å². The van der Waals surface area contributed by atoms with Crippen LogP contribution in [0.3, 0.4) is 0 Å². The number of hydrogen-bond acceptors (Lipinski definition) is 6. The van der Waals surface area contributed by atoms with Crippen LogP contribution in [0.15, 0.2) is 18.2 Å². The highest BCUT2D eigenvalue weighted by Gasteiger charge is 2.57. The lowest BCUT2D eigenvalue weighted by atomic mass is 9.78. The Morgan fingerprint density at radius 2 is 1.75 bits per heavy atom. The summed E-state index contributed by atoms with van der Waals surface area (Å²) < 4.78 is 97.0. The van der Waals surface area contributed by atoms with Crippen LogP contribution in [0.1, 0.15) is 57.1 Å². The fourth-order valence-corrected chi connectivity index (χ4v) is 5.99. The SMILES string of the molecule is CC(=O)O[C@@H](C)[C@]1(C(=O)N2COc3ccc(C(F)(F)F)cc3C2)CC[C@@H](N(C(=O)C(F)(F)F)C2CCOCC2)C1. The van der Waals surface area contributed by atoms with Crippen molar-refractivity contribution in [3.63, 3.8) is 0 Å². The van der Waals surface area contributed by atoms with Gasteiger partial charge in [0.25, 0.3) is 0 Å². The van der Waals surface area contributed by atoms with Crippen LogP contribution in [-0.2, 0) is 36.6 Å². The highest BCUT2D eigenvalue weighted by molar-refractivity contribution is 5.86. The van der Waals surface area contributed by atoms with Gasteiger partial charge >= 0.3 is 24.2 Å². The summed E-state index contributed by atoms with van der Waals surface area (Å²) in [6, 6.07) is 1.16. The number of alkyl halides is 6. The minimum Gasteiger partial charge on any atom is -0.473 e. The molecule has 1 saturated heterocycles. The first-order valence-corrected chi connectivity index (χ1v) is 12.9. The second-order valence-electron chi connectivity index (χ2n) is 10.5. The largest absolute Gasteiger partial charge is 0.473 e. The molecule has 14 heteroatoms. The maximum absolute atomic E-state index is 14.0. The van der Waals surface area contributed by atoms with Crippen LogP contribution in [0.25, 0.3) is 0 Å². The molecule has 222 valence electrons. The van der Waals surface area contributed by atoms with Crippen LogP contribution in [-0.4, -0.2) is 71.9 Å². The molecule has 1 aromatic carbocycles. The molecule has 8 nitrogen and oxygen atoms in total. The van der Waals surface area contributed by atoms with E-state index in [1.165, 1.54) is 6.92 Å². The van der Waals surface area contributed by atoms with E-state index in [2.05, 4.69) is 0 Å². The predicted molar refractivity (Wildman–Crippen MR) is 126 cm³/mol. The first-order valence-electron chi connectivity index (χ1n) is 12.9. The Kier molecular flexibility index (Phi) is 8.30. The molecule has 1 saturated carbocycles. The molecule has 0 radical (unpaired) electrons. The molecule has 0 N–H and O–H groups in total. The summed E-state index contributed by atoms with van der Waals surface area (Å²) in [7, 11) is 0. The molecule has 2 aliphatic heterocycles. The standard InChI is InChI=1S/C26H30F6N2O6/c1-15(40-16(2)35)24(22(36)33-13-17-11-18(25(27,28)29)3-4-21(17)39-14-33)8-5-20(12-24)34(23(37)26(30,31)32)19-6-9-38-10-7-19/h3-4,11,15,19-20H,5-10,12-14H2,1-2H3/t15-,20+,24-/m0/s1. The van der Waals surface area contributed by atoms with Gasteiger partial charge in [0.15, 0.2) is 6.73 Å². The van der Waals surface area contributed by atoms with E-state index in [1.807, 2.05) is 0 Å². The van der Waals surface area contributed by atoms with Crippen molar-refractivity contribution in [1.82, 2.24) is 9.80 Å². The van der Waals surface area contributed by atoms with Crippen LogP contribution in [0.4, 0.5) is 26.3 Å². The van der Waals surface area contributed by atoms with E-state index in [0.29, 0.717) is 0 Å². The number of hydrogen-bond donors (Lipinski definition) is 0. The van der Waals surface area contributed by atoms with Gasteiger partial charge in [0, 0.05) is 37.8 Å². The lowest BCUT2D eigenvalue weighted by Gasteiger charge is -2.42. The molecule has 2 fully saturated rings. The van der Waals surface area contributed by atoms with Crippen molar-refractivity contribution in [2.75, 3.05) is 19.9 Å². The van der Waals surface area contributed by atoms with Crippen molar-refractivity contribution in [2.45, 2.75) is 83.0 Å². The molecule has 0 bridgehead atoms. The fraction of sp³-hybridized carbons (Fsp3) is 0.654. The maximum Gasteiger partial charge on any atom is 0.471 e. The molecule has 1 aliphatic carbocycles. The third kappa shape index (κ3) is 6.01. The van der Waals surface area contributed by atoms with E-state index >= 15 is 0 Å². The number of nitrogens with zero attached hydrogens (tertiary/aromatic N) is 2. The number of carbonyl (C=O) groups excluding carboxylic acids is 3. The van der Waals surface area contributed by atoms with Gasteiger partial charge in [0.05, 0.1) is 17.5 Å². The molecule has 2 heterocycles. The van der Waals surface area contributed by atoms with Crippen molar-refractivity contribution in [1.29, 1.82) is 0 Å². The first-order chi connectivity index (χ1) is 18.6. The third-order valence-electron chi connectivity index (χ3n) is 7.94. The fourth-order valence-electron chi connectivity index (χ4n) is 5.99. The lowest BCUT2D eigenvalue weighted by molar-refractivity contribution is -0.192. The van der Waals surface area contributed by atoms with E-state index in [-0.39, 0.29) is 69.9 Å². The molecule has 3 atom stereocenters. The topological polar surface area (TPSA) is 85.4 Å². The number of fused-ring (bicyclic) bond motifs is 1. The Hall–Kier alpha value is -3.03. The summed E-state index contributed by atoms with van der Waals surface area (Å²) in [5, 5.41) is 0. The maximum atomic E-state index is 14.0. The van der Waals surface area contributed by atoms with E-state index < -0.39 is 59.3 Å². The van der Waals surface area contributed by atoms with E-state index in [4.69, 9.17) is 14.2 Å². The number of benzene rings is 1. The summed E-state index contributed by atoms with van der Waals surface area (Å²) in [6.07, 6.45) is -10.7. The third-order valence-corrected chi connectivity index (χ3v) is 7.94. The molecule has 0 unspecified atom stereocenters. The van der Waals surface area contributed by atoms with Crippen LogP contribution in [0.2, 0.25) is 0 Å². The van der Waals surface area contributed by atoms with Crippen LogP contribution in [0, 0.1) is 5.41 Å². The van der Waals surface area contributed by atoms with Gasteiger partial charge in [0.2, 0.25) is 5.91 Å². The zero-order valence-electron chi connectivity index (χ0n) is 21.9. The van der Waals surface area contributed by atoms with Crippen molar-refractivity contribution >= 4 is 17.8 Å². The number of ether oxygens (including phenoxy) is 3. The van der Waals surface area contributed by atoms with Gasteiger partial charge in [0.1, 0.15) is 11.9 Å². The first kappa shape index (κ1) is 29.9. The van der Waals surface area contributed by atoms with Crippen LogP contribution in [0.5, 0.6) is 5.75 Å². The normalized spacial score (nSPS) is 24.6. The van der Waals surface area contributed by atoms with Crippen molar-refractivity contribution in [3.8, 4) is 5.75 Å². The van der Waals surface area contributed by atoms with E-state index in [1.54, 1.807) is 0 Å². The van der Waals surface area contributed by atoms with Gasteiger partial charge in [-0.3, -0.25) is 14.4 Å². The van der Waals surface area contributed by atoms with Gasteiger partial charge in [-0.25, -0.2) is 0 Å². The Labute approximate surface area is 226 Å². The number of halogens is 6. The Bertz CT molecular complexity index is 1140. The Morgan fingerprint density at radius 1 is 1.07 bits per heavy atom. The predicted octanol–water partition coefficient (Wildman–Crippen LogP) is 4.44. The average Bonchev–Trinajstić information content (AvgIpc) is 3.33. The number of esters is 1. The minimum atomic E-state index is -5.14. The van der Waals surface area contributed by atoms with Gasteiger partial charge in [-0.1, -0.05) is 0 Å². The monoisotopic (exact) mass is 580 g/mol. The number of amides is 2.